The molecule has 172 valence electrons. The maximum Gasteiger partial charge on any atom is 0.287 e. The van der Waals surface area contributed by atoms with Crippen LogP contribution in [0, 0.1) is 10.1 Å². The first-order valence-electron chi connectivity index (χ1n) is 10.6. The monoisotopic (exact) mass is 456 g/mol. The van der Waals surface area contributed by atoms with E-state index in [4.69, 9.17) is 0 Å². The van der Waals surface area contributed by atoms with Crippen LogP contribution in [0.5, 0.6) is 0 Å². The second kappa shape index (κ2) is 11.3. The molecule has 0 aromatic heterocycles. The number of rotatable bonds is 8. The van der Waals surface area contributed by atoms with E-state index in [1.54, 1.807) is 43.3 Å². The summed E-state index contributed by atoms with van der Waals surface area (Å²) in [5, 5.41) is 17.8. The second-order valence-corrected chi connectivity index (χ2v) is 7.42. The molecule has 0 bridgehead atoms. The lowest BCUT2D eigenvalue weighted by atomic mass is 10.1. The Morgan fingerprint density at radius 2 is 1.68 bits per heavy atom. The highest BCUT2D eigenvalue weighted by Crippen LogP contribution is 2.16. The number of benzene rings is 3. The van der Waals surface area contributed by atoms with Gasteiger partial charge in [0, 0.05) is 17.7 Å². The number of amides is 2. The number of hydrogen-bond donors (Lipinski definition) is 2. The molecule has 34 heavy (non-hydrogen) atoms. The van der Waals surface area contributed by atoms with E-state index in [2.05, 4.69) is 22.8 Å². The Bertz CT molecular complexity index is 1250. The third kappa shape index (κ3) is 6.46. The Hall–Kier alpha value is -4.59. The normalized spacial score (nSPS) is 11.6. The SMILES string of the molecule is CCc1ccc(C(C)=NNC(=O)C(=Cc2cccc([N+](=O)[O-])c2)NC(=O)c2ccccc2)cc1. The fourth-order valence-electron chi connectivity index (χ4n) is 3.08. The van der Waals surface area contributed by atoms with E-state index in [9.17, 15) is 19.7 Å². The highest BCUT2D eigenvalue weighted by molar-refractivity contribution is 6.06. The first-order chi connectivity index (χ1) is 16.4. The number of aryl methyl sites for hydroxylation is 1. The molecule has 0 saturated heterocycles. The number of nitrogens with one attached hydrogen (secondary N) is 2. The molecule has 0 spiro atoms. The summed E-state index contributed by atoms with van der Waals surface area (Å²) in [4.78, 5) is 36.2. The highest BCUT2D eigenvalue weighted by atomic mass is 16.6. The molecule has 0 saturated carbocycles. The zero-order valence-electron chi connectivity index (χ0n) is 18.8. The summed E-state index contributed by atoms with van der Waals surface area (Å²) in [6.07, 6.45) is 2.28. The van der Waals surface area contributed by atoms with Crippen molar-refractivity contribution < 1.29 is 14.5 Å². The lowest BCUT2D eigenvalue weighted by molar-refractivity contribution is -0.384. The van der Waals surface area contributed by atoms with Crippen molar-refractivity contribution >= 4 is 29.3 Å². The van der Waals surface area contributed by atoms with Gasteiger partial charge >= 0.3 is 0 Å². The van der Waals surface area contributed by atoms with Crippen molar-refractivity contribution in [2.75, 3.05) is 0 Å². The van der Waals surface area contributed by atoms with E-state index >= 15 is 0 Å². The van der Waals surface area contributed by atoms with Crippen LogP contribution >= 0.6 is 0 Å². The number of carbonyl (C=O) groups excluding carboxylic acids is 2. The van der Waals surface area contributed by atoms with Gasteiger partial charge < -0.3 is 5.32 Å². The van der Waals surface area contributed by atoms with Crippen molar-refractivity contribution in [2.24, 2.45) is 5.10 Å². The predicted molar refractivity (Wildman–Crippen MR) is 131 cm³/mol. The zero-order chi connectivity index (χ0) is 24.5. The maximum atomic E-state index is 12.9. The van der Waals surface area contributed by atoms with Crippen LogP contribution in [-0.4, -0.2) is 22.4 Å². The molecule has 0 aliphatic carbocycles. The van der Waals surface area contributed by atoms with Crippen LogP contribution in [0.1, 0.15) is 40.9 Å². The zero-order valence-corrected chi connectivity index (χ0v) is 18.8. The summed E-state index contributed by atoms with van der Waals surface area (Å²) < 4.78 is 0. The Kier molecular flexibility index (Phi) is 8.02. The van der Waals surface area contributed by atoms with E-state index in [0.29, 0.717) is 16.8 Å². The quantitative estimate of drug-likeness (QED) is 0.225. The molecule has 3 rings (SSSR count). The van der Waals surface area contributed by atoms with Gasteiger partial charge in [-0.25, -0.2) is 5.43 Å². The van der Waals surface area contributed by atoms with Crippen LogP contribution in [0.3, 0.4) is 0 Å². The maximum absolute atomic E-state index is 12.9. The third-order valence-electron chi connectivity index (χ3n) is 5.03. The van der Waals surface area contributed by atoms with Gasteiger partial charge in [0.05, 0.1) is 10.6 Å². The predicted octanol–water partition coefficient (Wildman–Crippen LogP) is 4.47. The molecule has 0 atom stereocenters. The van der Waals surface area contributed by atoms with Crippen LogP contribution in [0.2, 0.25) is 0 Å². The van der Waals surface area contributed by atoms with Crippen LogP contribution in [-0.2, 0) is 11.2 Å². The van der Waals surface area contributed by atoms with Crippen molar-refractivity contribution in [3.8, 4) is 0 Å². The van der Waals surface area contributed by atoms with Gasteiger partial charge in [0.25, 0.3) is 17.5 Å². The Balaban J connectivity index is 1.87. The van der Waals surface area contributed by atoms with Crippen LogP contribution in [0.15, 0.2) is 89.7 Å². The first-order valence-corrected chi connectivity index (χ1v) is 10.6. The number of hydrogen-bond acceptors (Lipinski definition) is 5. The molecular weight excluding hydrogens is 432 g/mol. The summed E-state index contributed by atoms with van der Waals surface area (Å²) in [6, 6.07) is 22.0. The first kappa shape index (κ1) is 24.1. The van der Waals surface area contributed by atoms with Crippen molar-refractivity contribution in [3.05, 3.63) is 117 Å². The lowest BCUT2D eigenvalue weighted by Gasteiger charge is -2.10. The average Bonchev–Trinajstić information content (AvgIpc) is 2.87. The van der Waals surface area contributed by atoms with E-state index in [-0.39, 0.29) is 11.4 Å². The van der Waals surface area contributed by atoms with E-state index in [1.165, 1.54) is 29.8 Å². The van der Waals surface area contributed by atoms with Gasteiger partial charge in [0.15, 0.2) is 0 Å². The topological polar surface area (TPSA) is 114 Å². The number of carbonyl (C=O) groups is 2. The van der Waals surface area contributed by atoms with E-state index in [1.807, 2.05) is 24.3 Å². The molecule has 8 heteroatoms. The molecule has 0 unspecified atom stereocenters. The van der Waals surface area contributed by atoms with Gasteiger partial charge in [-0.15, -0.1) is 0 Å². The van der Waals surface area contributed by atoms with Gasteiger partial charge in [-0.1, -0.05) is 61.5 Å². The molecule has 0 aliphatic rings. The van der Waals surface area contributed by atoms with Gasteiger partial charge in [0.1, 0.15) is 5.70 Å². The van der Waals surface area contributed by atoms with Crippen molar-refractivity contribution in [1.82, 2.24) is 10.7 Å². The second-order valence-electron chi connectivity index (χ2n) is 7.42. The van der Waals surface area contributed by atoms with Gasteiger partial charge in [-0.05, 0) is 48.2 Å². The fourth-order valence-corrected chi connectivity index (χ4v) is 3.08. The Morgan fingerprint density at radius 3 is 2.32 bits per heavy atom. The van der Waals surface area contributed by atoms with Crippen molar-refractivity contribution in [3.63, 3.8) is 0 Å². The number of nitrogens with zero attached hydrogens (tertiary/aromatic N) is 2. The molecular formula is C26H24N4O4. The largest absolute Gasteiger partial charge is 0.317 e. The summed E-state index contributed by atoms with van der Waals surface area (Å²) >= 11 is 0. The number of hydrazone groups is 1. The molecule has 0 radical (unpaired) electrons. The number of non-ortho nitro benzene ring substituents is 1. The molecule has 2 N–H and O–H groups in total. The summed E-state index contributed by atoms with van der Waals surface area (Å²) in [5.74, 6) is -1.16. The summed E-state index contributed by atoms with van der Waals surface area (Å²) in [7, 11) is 0. The molecule has 3 aromatic carbocycles. The van der Waals surface area contributed by atoms with Crippen LogP contribution < -0.4 is 10.7 Å². The minimum Gasteiger partial charge on any atom is -0.317 e. The van der Waals surface area contributed by atoms with E-state index in [0.717, 1.165) is 12.0 Å². The van der Waals surface area contributed by atoms with Crippen molar-refractivity contribution in [2.45, 2.75) is 20.3 Å². The molecule has 0 heterocycles. The molecule has 0 fully saturated rings. The van der Waals surface area contributed by atoms with Gasteiger partial charge in [-0.2, -0.15) is 5.10 Å². The number of nitro benzene ring substituents is 1. The van der Waals surface area contributed by atoms with Gasteiger partial charge in [-0.3, -0.25) is 19.7 Å². The van der Waals surface area contributed by atoms with Crippen molar-refractivity contribution in [1.29, 1.82) is 0 Å². The average molecular weight is 457 g/mol. The number of nitro groups is 1. The van der Waals surface area contributed by atoms with Crippen LogP contribution in [0.4, 0.5) is 5.69 Å². The Morgan fingerprint density at radius 1 is 0.971 bits per heavy atom. The highest BCUT2D eigenvalue weighted by Gasteiger charge is 2.15. The van der Waals surface area contributed by atoms with Crippen LogP contribution in [0.25, 0.3) is 6.08 Å². The summed E-state index contributed by atoms with van der Waals surface area (Å²) in [5.41, 5.74) is 5.57. The third-order valence-corrected chi connectivity index (χ3v) is 5.03. The van der Waals surface area contributed by atoms with E-state index < -0.39 is 16.7 Å². The molecule has 3 aromatic rings. The smallest absolute Gasteiger partial charge is 0.287 e. The Labute approximate surface area is 197 Å². The van der Waals surface area contributed by atoms with Gasteiger partial charge in [0.2, 0.25) is 0 Å². The minimum absolute atomic E-state index is 0.104. The minimum atomic E-state index is -0.666. The lowest BCUT2D eigenvalue weighted by Crippen LogP contribution is -2.33. The molecule has 8 nitrogen and oxygen atoms in total. The standard InChI is InChI=1S/C26H24N4O4/c1-3-19-12-14-21(15-13-19)18(2)28-29-26(32)24(27-25(31)22-9-5-4-6-10-22)17-20-8-7-11-23(16-20)30(33)34/h4-17H,3H2,1-2H3,(H,27,31)(H,29,32). The molecule has 2 amide bonds. The molecule has 0 aliphatic heterocycles. The fraction of sp³-hybridized carbons (Fsp3) is 0.115. The summed E-state index contributed by atoms with van der Waals surface area (Å²) in [6.45, 7) is 3.82.